The molecule has 2 aromatic rings. The van der Waals surface area contributed by atoms with Gasteiger partial charge in [-0.1, -0.05) is 0 Å². The van der Waals surface area contributed by atoms with Gasteiger partial charge in [0.1, 0.15) is 0 Å². The molecule has 7 nitrogen and oxygen atoms in total. The second-order valence-corrected chi connectivity index (χ2v) is 4.77. The lowest BCUT2D eigenvalue weighted by atomic mass is 10.1. The van der Waals surface area contributed by atoms with E-state index in [0.717, 1.165) is 0 Å². The highest BCUT2D eigenvalue weighted by Gasteiger charge is 2.21. The summed E-state index contributed by atoms with van der Waals surface area (Å²) in [4.78, 5) is 45.8. The van der Waals surface area contributed by atoms with E-state index in [1.165, 1.54) is 25.5 Å². The molecule has 0 spiro atoms. The van der Waals surface area contributed by atoms with Gasteiger partial charge in [-0.2, -0.15) is 0 Å². The van der Waals surface area contributed by atoms with Crippen LogP contribution in [-0.2, 0) is 4.74 Å². The first-order valence-electron chi connectivity index (χ1n) is 6.58. The standard InChI is InChI=1S/C15H15N3O4/c1-8-13(10(3)19)9(2)18-14(8)12(20)7-22-15(21)11-6-16-4-5-17-11/h4-6,18H,7H2,1-3H3. The largest absolute Gasteiger partial charge is 0.452 e. The molecule has 0 aromatic carbocycles. The summed E-state index contributed by atoms with van der Waals surface area (Å²) in [6.45, 7) is 4.39. The summed E-state index contributed by atoms with van der Waals surface area (Å²) in [5, 5.41) is 0. The number of Topliss-reactive ketones (excluding diaryl/α,β-unsaturated/α-hetero) is 2. The van der Waals surface area contributed by atoms with Gasteiger partial charge in [-0.25, -0.2) is 9.78 Å². The lowest BCUT2D eigenvalue weighted by molar-refractivity contribution is 0.0467. The fraction of sp³-hybridized carbons (Fsp3) is 0.267. The molecule has 0 amide bonds. The van der Waals surface area contributed by atoms with Crippen LogP contribution in [0.25, 0.3) is 0 Å². The van der Waals surface area contributed by atoms with E-state index in [0.29, 0.717) is 16.8 Å². The Morgan fingerprint density at radius 3 is 2.50 bits per heavy atom. The third-order valence-electron chi connectivity index (χ3n) is 3.18. The van der Waals surface area contributed by atoms with Crippen molar-refractivity contribution in [1.82, 2.24) is 15.0 Å². The minimum absolute atomic E-state index is 0.0270. The number of hydrogen-bond acceptors (Lipinski definition) is 6. The minimum atomic E-state index is -0.728. The van der Waals surface area contributed by atoms with Crippen LogP contribution in [0.4, 0.5) is 0 Å². The van der Waals surface area contributed by atoms with Crippen LogP contribution >= 0.6 is 0 Å². The van der Waals surface area contributed by atoms with Crippen molar-refractivity contribution < 1.29 is 19.1 Å². The van der Waals surface area contributed by atoms with Gasteiger partial charge >= 0.3 is 5.97 Å². The van der Waals surface area contributed by atoms with Gasteiger partial charge in [-0.3, -0.25) is 14.6 Å². The highest BCUT2D eigenvalue weighted by molar-refractivity contribution is 6.04. The van der Waals surface area contributed by atoms with Gasteiger partial charge in [0.15, 0.2) is 18.1 Å². The first kappa shape index (κ1) is 15.6. The average Bonchev–Trinajstić information content (AvgIpc) is 2.80. The van der Waals surface area contributed by atoms with Gasteiger partial charge < -0.3 is 9.72 Å². The Bertz CT molecular complexity index is 735. The van der Waals surface area contributed by atoms with Crippen molar-refractivity contribution in [3.8, 4) is 0 Å². The molecule has 0 aliphatic rings. The lowest BCUT2D eigenvalue weighted by Crippen LogP contribution is -2.16. The predicted octanol–water partition coefficient (Wildman–Crippen LogP) is 1.66. The number of nitrogens with zero attached hydrogens (tertiary/aromatic N) is 2. The maximum atomic E-state index is 12.1. The van der Waals surface area contributed by atoms with Gasteiger partial charge in [0.05, 0.1) is 11.9 Å². The van der Waals surface area contributed by atoms with Gasteiger partial charge in [0, 0.05) is 23.7 Å². The molecule has 22 heavy (non-hydrogen) atoms. The number of ether oxygens (including phenoxy) is 1. The van der Waals surface area contributed by atoms with Crippen molar-refractivity contribution in [1.29, 1.82) is 0 Å². The molecule has 2 aromatic heterocycles. The van der Waals surface area contributed by atoms with Crippen LogP contribution in [0.2, 0.25) is 0 Å². The number of H-pyrrole nitrogens is 1. The summed E-state index contributed by atoms with van der Waals surface area (Å²) in [5.41, 5.74) is 1.97. The third-order valence-corrected chi connectivity index (χ3v) is 3.18. The zero-order valence-electron chi connectivity index (χ0n) is 12.5. The quantitative estimate of drug-likeness (QED) is 0.665. The topological polar surface area (TPSA) is 102 Å². The van der Waals surface area contributed by atoms with E-state index in [4.69, 9.17) is 4.74 Å². The van der Waals surface area contributed by atoms with Crippen LogP contribution in [-0.4, -0.2) is 39.1 Å². The molecule has 2 rings (SSSR count). The van der Waals surface area contributed by atoms with Gasteiger partial charge in [0.2, 0.25) is 5.78 Å². The van der Waals surface area contributed by atoms with Crippen LogP contribution in [0.1, 0.15) is 49.5 Å². The molecule has 0 fully saturated rings. The summed E-state index contributed by atoms with van der Waals surface area (Å²) >= 11 is 0. The molecule has 114 valence electrons. The highest BCUT2D eigenvalue weighted by atomic mass is 16.5. The smallest absolute Gasteiger partial charge is 0.358 e. The van der Waals surface area contributed by atoms with E-state index in [9.17, 15) is 14.4 Å². The van der Waals surface area contributed by atoms with E-state index in [2.05, 4.69) is 15.0 Å². The van der Waals surface area contributed by atoms with Crippen LogP contribution in [0, 0.1) is 13.8 Å². The number of hydrogen-bond donors (Lipinski definition) is 1. The Labute approximate surface area is 126 Å². The minimum Gasteiger partial charge on any atom is -0.452 e. The number of carbonyl (C=O) groups excluding carboxylic acids is 3. The Hall–Kier alpha value is -2.83. The SMILES string of the molecule is CC(=O)c1c(C)[nH]c(C(=O)COC(=O)c2cnccn2)c1C. The van der Waals surface area contributed by atoms with E-state index in [1.807, 2.05) is 0 Å². The summed E-state index contributed by atoms with van der Waals surface area (Å²) in [6.07, 6.45) is 4.04. The van der Waals surface area contributed by atoms with E-state index < -0.39 is 18.4 Å². The normalized spacial score (nSPS) is 10.3. The molecule has 0 aliphatic heterocycles. The van der Waals surface area contributed by atoms with Gasteiger partial charge in [-0.05, 0) is 26.3 Å². The molecular weight excluding hydrogens is 286 g/mol. The Kier molecular flexibility index (Phi) is 4.45. The van der Waals surface area contributed by atoms with E-state index >= 15 is 0 Å². The number of rotatable bonds is 5. The summed E-state index contributed by atoms with van der Waals surface area (Å²) in [7, 11) is 0. The van der Waals surface area contributed by atoms with Crippen LogP contribution in [0.3, 0.4) is 0 Å². The van der Waals surface area contributed by atoms with Crippen molar-refractivity contribution in [2.45, 2.75) is 20.8 Å². The van der Waals surface area contributed by atoms with Crippen LogP contribution in [0.5, 0.6) is 0 Å². The number of ketones is 2. The number of esters is 1. The number of aromatic amines is 1. The molecule has 0 saturated carbocycles. The zero-order chi connectivity index (χ0) is 16.3. The first-order valence-corrected chi connectivity index (χ1v) is 6.58. The molecule has 0 bridgehead atoms. The van der Waals surface area contributed by atoms with Crippen LogP contribution < -0.4 is 0 Å². The summed E-state index contributed by atoms with van der Waals surface area (Å²) in [6, 6.07) is 0. The van der Waals surface area contributed by atoms with E-state index in [-0.39, 0.29) is 17.2 Å². The summed E-state index contributed by atoms with van der Waals surface area (Å²) < 4.78 is 4.91. The monoisotopic (exact) mass is 301 g/mol. The summed E-state index contributed by atoms with van der Waals surface area (Å²) in [5.74, 6) is -1.26. The highest BCUT2D eigenvalue weighted by Crippen LogP contribution is 2.19. The van der Waals surface area contributed by atoms with Crippen molar-refractivity contribution in [2.24, 2.45) is 0 Å². The van der Waals surface area contributed by atoms with Gasteiger partial charge in [0.25, 0.3) is 0 Å². The fourth-order valence-electron chi connectivity index (χ4n) is 2.24. The number of nitrogens with one attached hydrogen (secondary N) is 1. The molecule has 7 heteroatoms. The third kappa shape index (κ3) is 3.08. The van der Waals surface area contributed by atoms with Crippen molar-refractivity contribution in [2.75, 3.05) is 6.61 Å². The Balaban J connectivity index is 2.09. The molecule has 0 saturated heterocycles. The second-order valence-electron chi connectivity index (χ2n) is 4.77. The molecule has 0 aliphatic carbocycles. The molecule has 2 heterocycles. The predicted molar refractivity (Wildman–Crippen MR) is 76.9 cm³/mol. The van der Waals surface area contributed by atoms with Crippen LogP contribution in [0.15, 0.2) is 18.6 Å². The van der Waals surface area contributed by atoms with Crippen molar-refractivity contribution in [3.63, 3.8) is 0 Å². The van der Waals surface area contributed by atoms with Crippen molar-refractivity contribution in [3.05, 3.63) is 46.8 Å². The lowest BCUT2D eigenvalue weighted by Gasteiger charge is -2.03. The van der Waals surface area contributed by atoms with Crippen molar-refractivity contribution >= 4 is 17.5 Å². The van der Waals surface area contributed by atoms with Gasteiger partial charge in [-0.15, -0.1) is 0 Å². The Morgan fingerprint density at radius 2 is 1.95 bits per heavy atom. The molecule has 0 unspecified atom stereocenters. The molecule has 1 N–H and O–H groups in total. The fourth-order valence-corrected chi connectivity index (χ4v) is 2.24. The molecular formula is C15H15N3O4. The Morgan fingerprint density at radius 1 is 1.23 bits per heavy atom. The maximum Gasteiger partial charge on any atom is 0.358 e. The average molecular weight is 301 g/mol. The van der Waals surface area contributed by atoms with E-state index in [1.54, 1.807) is 13.8 Å². The second kappa shape index (κ2) is 6.30. The number of carbonyl (C=O) groups is 3. The molecule has 0 atom stereocenters. The maximum absolute atomic E-state index is 12.1. The first-order chi connectivity index (χ1) is 10.4. The zero-order valence-corrected chi connectivity index (χ0v) is 12.5. The number of aryl methyl sites for hydroxylation is 1. The molecule has 0 radical (unpaired) electrons. The number of aromatic nitrogens is 3.